The van der Waals surface area contributed by atoms with E-state index in [0.717, 1.165) is 5.56 Å². The molecule has 0 saturated heterocycles. The summed E-state index contributed by atoms with van der Waals surface area (Å²) in [6.45, 7) is 0. The van der Waals surface area contributed by atoms with Gasteiger partial charge in [-0.05, 0) is 42.5 Å². The fourth-order valence-electron chi connectivity index (χ4n) is 4.64. The number of hydrogen-bond acceptors (Lipinski definition) is 7. The number of fused-ring (bicyclic) bond motifs is 6. The van der Waals surface area contributed by atoms with Crippen molar-refractivity contribution in [3.05, 3.63) is 113 Å². The van der Waals surface area contributed by atoms with Crippen molar-refractivity contribution in [2.24, 2.45) is 0 Å². The van der Waals surface area contributed by atoms with Crippen molar-refractivity contribution in [2.45, 2.75) is 10.5 Å². The van der Waals surface area contributed by atoms with Gasteiger partial charge in [0.1, 0.15) is 23.0 Å². The Bertz CT molecular complexity index is 1530. The number of hydrogen-bond donors (Lipinski definition) is 1. The van der Waals surface area contributed by atoms with E-state index in [1.807, 2.05) is 18.2 Å². The van der Waals surface area contributed by atoms with Crippen LogP contribution in [0.3, 0.4) is 0 Å². The fourth-order valence-corrected chi connectivity index (χ4v) is 4.89. The Morgan fingerprint density at radius 2 is 1.49 bits per heavy atom. The predicted molar refractivity (Wildman–Crippen MR) is 130 cm³/mol. The van der Waals surface area contributed by atoms with Crippen LogP contribution in [0.4, 0.5) is 0 Å². The van der Waals surface area contributed by atoms with E-state index < -0.39 is 17.5 Å². The van der Waals surface area contributed by atoms with Crippen LogP contribution in [0.5, 0.6) is 23.0 Å². The third kappa shape index (κ3) is 3.19. The highest BCUT2D eigenvalue weighted by atomic mass is 32.1. The smallest absolute Gasteiger partial charge is 0.344 e. The van der Waals surface area contributed by atoms with Crippen molar-refractivity contribution in [3.63, 3.8) is 0 Å². The molecule has 4 aromatic rings. The summed E-state index contributed by atoms with van der Waals surface area (Å²) in [4.78, 5) is 26.2. The third-order valence-electron chi connectivity index (χ3n) is 6.23. The predicted octanol–water partition coefficient (Wildman–Crippen LogP) is 5.77. The average molecular weight is 483 g/mol. The average Bonchev–Trinajstić information content (AvgIpc) is 3.16. The maximum absolute atomic E-state index is 12.9. The number of carbonyl (C=O) groups excluding carboxylic acids is 2. The molecule has 2 aliphatic heterocycles. The van der Waals surface area contributed by atoms with Gasteiger partial charge in [0, 0.05) is 33.7 Å². The Hall–Kier alpha value is -4.23. The first kappa shape index (κ1) is 21.3. The molecular formula is C28H18O6S. The minimum atomic E-state index is -1.21. The van der Waals surface area contributed by atoms with Crippen LogP contribution in [-0.4, -0.2) is 19.0 Å². The van der Waals surface area contributed by atoms with Crippen molar-refractivity contribution in [3.8, 4) is 23.0 Å². The standard InChI is InChI=1S/C28H18O6S/c1-31-16-10-12-21-23(14-16)33-24-15-17(32-26(29)19-7-3-5-9-25(19)35)11-13-22(24)28(21)20-8-4-2-6-18(20)27(30)34-28/h2-15,35H,1H3. The SMILES string of the molecule is COc1ccc2c(c1)Oc1cc(OC(=O)c3ccccc3S)ccc1C21OC(=O)c2ccccc21. The Morgan fingerprint density at radius 1 is 0.829 bits per heavy atom. The zero-order chi connectivity index (χ0) is 24.2. The van der Waals surface area contributed by atoms with Gasteiger partial charge in [0.15, 0.2) is 5.60 Å². The minimum Gasteiger partial charge on any atom is -0.497 e. The van der Waals surface area contributed by atoms with E-state index in [9.17, 15) is 9.59 Å². The summed E-state index contributed by atoms with van der Waals surface area (Å²) in [5.74, 6) is 0.791. The van der Waals surface area contributed by atoms with E-state index in [2.05, 4.69) is 12.6 Å². The lowest BCUT2D eigenvalue weighted by Crippen LogP contribution is -2.33. The van der Waals surface area contributed by atoms with Crippen LogP contribution in [0.1, 0.15) is 37.4 Å². The van der Waals surface area contributed by atoms with Crippen LogP contribution in [0.15, 0.2) is 89.8 Å². The molecule has 172 valence electrons. The van der Waals surface area contributed by atoms with E-state index in [4.69, 9.17) is 18.9 Å². The summed E-state index contributed by atoms with van der Waals surface area (Å²) in [6.07, 6.45) is 0. The number of rotatable bonds is 3. The van der Waals surface area contributed by atoms with Crippen LogP contribution < -0.4 is 14.2 Å². The molecule has 0 N–H and O–H groups in total. The van der Waals surface area contributed by atoms with Gasteiger partial charge in [0.2, 0.25) is 0 Å². The van der Waals surface area contributed by atoms with Crippen molar-refractivity contribution >= 4 is 24.6 Å². The third-order valence-corrected chi connectivity index (χ3v) is 6.62. The summed E-state index contributed by atoms with van der Waals surface area (Å²) in [6, 6.07) is 24.6. The van der Waals surface area contributed by atoms with E-state index in [1.54, 1.807) is 73.8 Å². The summed E-state index contributed by atoms with van der Waals surface area (Å²) in [5, 5.41) is 0. The number of ether oxygens (including phenoxy) is 4. The van der Waals surface area contributed by atoms with Gasteiger partial charge in [-0.2, -0.15) is 0 Å². The van der Waals surface area contributed by atoms with Gasteiger partial charge in [-0.25, -0.2) is 9.59 Å². The first-order chi connectivity index (χ1) is 17.0. The zero-order valence-electron chi connectivity index (χ0n) is 18.5. The summed E-state index contributed by atoms with van der Waals surface area (Å²) < 4.78 is 23.3. The maximum Gasteiger partial charge on any atom is 0.344 e. The molecule has 0 saturated carbocycles. The van der Waals surface area contributed by atoms with Crippen LogP contribution in [0, 0.1) is 0 Å². The van der Waals surface area contributed by atoms with Crippen LogP contribution in [0.25, 0.3) is 0 Å². The van der Waals surface area contributed by atoms with Gasteiger partial charge in [-0.15, -0.1) is 12.6 Å². The molecule has 0 radical (unpaired) electrons. The Kier molecular flexibility index (Phi) is 4.82. The molecule has 4 aromatic carbocycles. The molecule has 0 bridgehead atoms. The van der Waals surface area contributed by atoms with E-state index in [-0.39, 0.29) is 5.75 Å². The minimum absolute atomic E-state index is 0.282. The summed E-state index contributed by atoms with van der Waals surface area (Å²) >= 11 is 4.34. The van der Waals surface area contributed by atoms with E-state index in [1.165, 1.54) is 0 Å². The molecule has 1 spiro atoms. The number of esters is 2. The van der Waals surface area contributed by atoms with E-state index in [0.29, 0.717) is 44.4 Å². The normalized spacial score (nSPS) is 17.0. The maximum atomic E-state index is 12.9. The second-order valence-electron chi connectivity index (χ2n) is 8.15. The van der Waals surface area contributed by atoms with Gasteiger partial charge in [0.05, 0.1) is 18.2 Å². The molecule has 2 heterocycles. The number of carbonyl (C=O) groups is 2. The van der Waals surface area contributed by atoms with Gasteiger partial charge in [0.25, 0.3) is 0 Å². The number of benzene rings is 4. The largest absolute Gasteiger partial charge is 0.497 e. The number of methoxy groups -OCH3 is 1. The molecule has 2 aliphatic rings. The molecule has 0 aliphatic carbocycles. The molecule has 0 fully saturated rings. The highest BCUT2D eigenvalue weighted by Crippen LogP contribution is 2.57. The summed E-state index contributed by atoms with van der Waals surface area (Å²) in [7, 11) is 1.57. The van der Waals surface area contributed by atoms with Crippen LogP contribution in [0.2, 0.25) is 0 Å². The molecule has 0 amide bonds. The number of thiol groups is 1. The van der Waals surface area contributed by atoms with Crippen molar-refractivity contribution in [1.29, 1.82) is 0 Å². The second kappa shape index (κ2) is 7.92. The fraction of sp³-hybridized carbons (Fsp3) is 0.0714. The molecule has 1 atom stereocenters. The Morgan fingerprint density at radius 3 is 2.23 bits per heavy atom. The lowest BCUT2D eigenvalue weighted by molar-refractivity contribution is 0.0224. The van der Waals surface area contributed by atoms with Gasteiger partial charge in [-0.1, -0.05) is 30.3 Å². The molecule has 0 aromatic heterocycles. The zero-order valence-corrected chi connectivity index (χ0v) is 19.4. The molecule has 7 heteroatoms. The van der Waals surface area contributed by atoms with Gasteiger partial charge in [-0.3, -0.25) is 0 Å². The monoisotopic (exact) mass is 482 g/mol. The van der Waals surface area contributed by atoms with Crippen molar-refractivity contribution < 1.29 is 28.5 Å². The Balaban J connectivity index is 1.49. The first-order valence-corrected chi connectivity index (χ1v) is 11.3. The van der Waals surface area contributed by atoms with Gasteiger partial charge < -0.3 is 18.9 Å². The lowest BCUT2D eigenvalue weighted by Gasteiger charge is -2.36. The molecule has 1 unspecified atom stereocenters. The quantitative estimate of drug-likeness (QED) is 0.227. The second-order valence-corrected chi connectivity index (χ2v) is 8.63. The van der Waals surface area contributed by atoms with Crippen LogP contribution >= 0.6 is 12.6 Å². The molecule has 6 rings (SSSR count). The van der Waals surface area contributed by atoms with Crippen LogP contribution in [-0.2, 0) is 10.3 Å². The van der Waals surface area contributed by atoms with E-state index >= 15 is 0 Å². The van der Waals surface area contributed by atoms with Gasteiger partial charge >= 0.3 is 11.9 Å². The summed E-state index contributed by atoms with van der Waals surface area (Å²) in [5.41, 5.74) is 1.65. The highest BCUT2D eigenvalue weighted by molar-refractivity contribution is 7.80. The van der Waals surface area contributed by atoms with Crippen molar-refractivity contribution in [2.75, 3.05) is 7.11 Å². The highest BCUT2D eigenvalue weighted by Gasteiger charge is 2.53. The lowest BCUT2D eigenvalue weighted by atomic mass is 9.77. The first-order valence-electron chi connectivity index (χ1n) is 10.8. The Labute approximate surface area is 206 Å². The molecular weight excluding hydrogens is 464 g/mol. The molecule has 35 heavy (non-hydrogen) atoms. The molecule has 6 nitrogen and oxygen atoms in total. The topological polar surface area (TPSA) is 71.1 Å². The van der Waals surface area contributed by atoms with Crippen molar-refractivity contribution in [1.82, 2.24) is 0 Å².